The Morgan fingerprint density at radius 3 is 2.07 bits per heavy atom. The summed E-state index contributed by atoms with van der Waals surface area (Å²) in [6.45, 7) is 7.13. The summed E-state index contributed by atoms with van der Waals surface area (Å²) in [5.41, 5.74) is 5.86. The molecule has 0 aliphatic rings. The third-order valence-electron chi connectivity index (χ3n) is 4.22. The smallest absolute Gasteiger partial charge is 0.254 e. The largest absolute Gasteiger partial charge is 0.365 e. The van der Waals surface area contributed by atoms with E-state index in [0.29, 0.717) is 16.8 Å². The lowest BCUT2D eigenvalue weighted by Gasteiger charge is -2.23. The Morgan fingerprint density at radius 2 is 1.63 bits per heavy atom. The van der Waals surface area contributed by atoms with E-state index in [4.69, 9.17) is 17.3 Å². The number of primary amides is 1. The second kappa shape index (κ2) is 7.22. The number of amides is 1. The second-order valence-corrected chi connectivity index (χ2v) is 7.50. The summed E-state index contributed by atoms with van der Waals surface area (Å²) in [6.07, 6.45) is 1.24. The van der Waals surface area contributed by atoms with Gasteiger partial charge in [0.25, 0.3) is 5.91 Å². The molecule has 1 heterocycles. The molecule has 1 aromatic carbocycles. The van der Waals surface area contributed by atoms with Crippen molar-refractivity contribution in [2.75, 3.05) is 5.32 Å². The summed E-state index contributed by atoms with van der Waals surface area (Å²) >= 11 is 5.84. The Kier molecular flexibility index (Phi) is 5.39. The van der Waals surface area contributed by atoms with Crippen molar-refractivity contribution in [2.24, 2.45) is 5.73 Å². The number of hydrogen-bond donors (Lipinski definition) is 2. The molecular formula is C19H19ClN6O. The number of nitriles is 2. The molecule has 0 atom stereocenters. The molecule has 8 heteroatoms. The van der Waals surface area contributed by atoms with Crippen molar-refractivity contribution in [3.8, 4) is 12.1 Å². The van der Waals surface area contributed by atoms with Crippen LogP contribution in [0.15, 0.2) is 24.4 Å². The Bertz CT molecular complexity index is 940. The van der Waals surface area contributed by atoms with Gasteiger partial charge in [-0.1, -0.05) is 6.07 Å². The van der Waals surface area contributed by atoms with Crippen LogP contribution in [0, 0.1) is 22.7 Å². The van der Waals surface area contributed by atoms with Gasteiger partial charge in [-0.15, -0.1) is 0 Å². The molecular weight excluding hydrogens is 364 g/mol. The van der Waals surface area contributed by atoms with Crippen LogP contribution < -0.4 is 11.1 Å². The Morgan fingerprint density at radius 1 is 1.11 bits per heavy atom. The molecule has 7 nitrogen and oxygen atoms in total. The predicted molar refractivity (Wildman–Crippen MR) is 103 cm³/mol. The highest BCUT2D eigenvalue weighted by Gasteiger charge is 2.26. The number of hydrogen-bond acceptors (Lipinski definition) is 6. The first-order valence-electron chi connectivity index (χ1n) is 8.08. The van der Waals surface area contributed by atoms with Crippen molar-refractivity contribution >= 4 is 29.0 Å². The maximum atomic E-state index is 11.6. The van der Waals surface area contributed by atoms with Crippen LogP contribution in [-0.4, -0.2) is 15.9 Å². The Hall–Kier alpha value is -3.16. The molecule has 0 spiro atoms. The summed E-state index contributed by atoms with van der Waals surface area (Å²) in [6, 6.07) is 9.87. The standard InChI is InChI=1S/C19H19ClN6O/c1-18(2,9-21)11-5-12(19(3,4)10-22)7-13(6-11)25-16-14(15(23)27)8-24-17(20)26-16/h5-8H,1-4H3,(H2,23,27)(H,24,25,26). The van der Waals surface area contributed by atoms with E-state index in [1.165, 1.54) is 6.20 Å². The van der Waals surface area contributed by atoms with Gasteiger partial charge in [0, 0.05) is 11.9 Å². The highest BCUT2D eigenvalue weighted by Crippen LogP contribution is 2.33. The first-order chi connectivity index (χ1) is 12.5. The van der Waals surface area contributed by atoms with Crippen LogP contribution in [0.1, 0.15) is 49.2 Å². The highest BCUT2D eigenvalue weighted by atomic mass is 35.5. The van der Waals surface area contributed by atoms with Crippen LogP contribution in [0.5, 0.6) is 0 Å². The molecule has 1 amide bonds. The first-order valence-corrected chi connectivity index (χ1v) is 8.46. The van der Waals surface area contributed by atoms with Gasteiger partial charge in [-0.25, -0.2) is 4.98 Å². The van der Waals surface area contributed by atoms with Crippen LogP contribution >= 0.6 is 11.6 Å². The molecule has 0 saturated heterocycles. The third kappa shape index (κ3) is 4.33. The minimum Gasteiger partial charge on any atom is -0.365 e. The maximum absolute atomic E-state index is 11.6. The van der Waals surface area contributed by atoms with E-state index in [1.807, 2.05) is 6.07 Å². The number of nitrogens with zero attached hydrogens (tertiary/aromatic N) is 4. The molecule has 138 valence electrons. The zero-order valence-corrected chi connectivity index (χ0v) is 16.2. The molecule has 3 N–H and O–H groups in total. The number of nitrogens with two attached hydrogens (primary N) is 1. The molecule has 2 aromatic rings. The number of carbonyl (C=O) groups is 1. The van der Waals surface area contributed by atoms with Gasteiger partial charge in [0.15, 0.2) is 0 Å². The molecule has 2 rings (SSSR count). The topological polar surface area (TPSA) is 128 Å². The fraction of sp³-hybridized carbons (Fsp3) is 0.316. The van der Waals surface area contributed by atoms with E-state index < -0.39 is 16.7 Å². The molecule has 0 bridgehead atoms. The molecule has 27 heavy (non-hydrogen) atoms. The van der Waals surface area contributed by atoms with Crippen LogP contribution in [0.2, 0.25) is 5.28 Å². The zero-order chi connectivity index (χ0) is 20.4. The van der Waals surface area contributed by atoms with Crippen molar-refractivity contribution in [1.82, 2.24) is 9.97 Å². The van der Waals surface area contributed by atoms with Gasteiger partial charge in [-0.05, 0) is 62.6 Å². The number of aromatic nitrogens is 2. The van der Waals surface area contributed by atoms with E-state index in [-0.39, 0.29) is 16.7 Å². The molecule has 0 unspecified atom stereocenters. The van der Waals surface area contributed by atoms with Crippen LogP contribution in [0.4, 0.5) is 11.5 Å². The van der Waals surface area contributed by atoms with E-state index in [9.17, 15) is 15.3 Å². The summed E-state index contributed by atoms with van der Waals surface area (Å²) in [4.78, 5) is 19.4. The van der Waals surface area contributed by atoms with Gasteiger partial charge >= 0.3 is 0 Å². The van der Waals surface area contributed by atoms with Gasteiger partial charge in [0.2, 0.25) is 5.28 Å². The number of rotatable bonds is 5. The van der Waals surface area contributed by atoms with Crippen molar-refractivity contribution in [3.63, 3.8) is 0 Å². The van der Waals surface area contributed by atoms with Gasteiger partial charge in [-0.3, -0.25) is 4.79 Å². The Labute approximate surface area is 162 Å². The number of carbonyl (C=O) groups excluding carboxylic acids is 1. The molecule has 0 saturated carbocycles. The molecule has 0 aliphatic carbocycles. The quantitative estimate of drug-likeness (QED) is 0.760. The lowest BCUT2D eigenvalue weighted by molar-refractivity contribution is 0.100. The fourth-order valence-corrected chi connectivity index (χ4v) is 2.46. The summed E-state index contributed by atoms with van der Waals surface area (Å²) < 4.78 is 0. The zero-order valence-electron chi connectivity index (χ0n) is 15.5. The van der Waals surface area contributed by atoms with E-state index in [0.717, 1.165) is 0 Å². The van der Waals surface area contributed by atoms with Gasteiger partial charge in [0.1, 0.15) is 11.4 Å². The van der Waals surface area contributed by atoms with Crippen LogP contribution in [0.25, 0.3) is 0 Å². The molecule has 0 fully saturated rings. The third-order valence-corrected chi connectivity index (χ3v) is 4.41. The number of nitrogens with one attached hydrogen (secondary N) is 1. The lowest BCUT2D eigenvalue weighted by atomic mass is 9.80. The normalized spacial score (nSPS) is 11.4. The minimum atomic E-state index is -0.784. The number of halogens is 1. The van der Waals surface area contributed by atoms with E-state index >= 15 is 0 Å². The SMILES string of the molecule is CC(C)(C#N)c1cc(Nc2nc(Cl)ncc2C(N)=O)cc(C(C)(C)C#N)c1. The van der Waals surface area contributed by atoms with Crippen LogP contribution in [-0.2, 0) is 10.8 Å². The predicted octanol–water partition coefficient (Wildman–Crippen LogP) is 3.57. The monoisotopic (exact) mass is 382 g/mol. The van der Waals surface area contributed by atoms with Gasteiger partial charge in [0.05, 0.1) is 23.0 Å². The van der Waals surface area contributed by atoms with Gasteiger partial charge < -0.3 is 11.1 Å². The summed E-state index contributed by atoms with van der Waals surface area (Å²) in [5, 5.41) is 22.0. The van der Waals surface area contributed by atoms with Crippen LogP contribution in [0.3, 0.4) is 0 Å². The maximum Gasteiger partial charge on any atom is 0.254 e. The number of anilines is 2. The fourth-order valence-electron chi connectivity index (χ4n) is 2.32. The van der Waals surface area contributed by atoms with Crippen molar-refractivity contribution in [2.45, 2.75) is 38.5 Å². The van der Waals surface area contributed by atoms with E-state index in [1.54, 1.807) is 39.8 Å². The molecule has 0 aliphatic heterocycles. The molecule has 0 radical (unpaired) electrons. The second-order valence-electron chi connectivity index (χ2n) is 7.16. The Balaban J connectivity index is 2.65. The summed E-state index contributed by atoms with van der Waals surface area (Å²) in [7, 11) is 0. The average Bonchev–Trinajstić information content (AvgIpc) is 2.61. The van der Waals surface area contributed by atoms with Crippen molar-refractivity contribution in [1.29, 1.82) is 10.5 Å². The lowest BCUT2D eigenvalue weighted by Crippen LogP contribution is -2.20. The minimum absolute atomic E-state index is 0.0476. The van der Waals surface area contributed by atoms with Crippen molar-refractivity contribution < 1.29 is 4.79 Å². The first kappa shape index (κ1) is 20.2. The van der Waals surface area contributed by atoms with Gasteiger partial charge in [-0.2, -0.15) is 15.5 Å². The number of benzene rings is 1. The highest BCUT2D eigenvalue weighted by molar-refractivity contribution is 6.28. The van der Waals surface area contributed by atoms with Crippen molar-refractivity contribution in [3.05, 3.63) is 46.4 Å². The summed E-state index contributed by atoms with van der Waals surface area (Å²) in [5.74, 6) is -0.560. The van der Waals surface area contributed by atoms with E-state index in [2.05, 4.69) is 27.4 Å². The molecule has 1 aromatic heterocycles. The average molecular weight is 383 g/mol.